The number of aliphatic hydroxyl groups is 4. The first-order valence-corrected chi connectivity index (χ1v) is 7.75. The van der Waals surface area contributed by atoms with Gasteiger partial charge in [-0.25, -0.2) is 0 Å². The van der Waals surface area contributed by atoms with Crippen LogP contribution in [-0.4, -0.2) is 78.8 Å². The Morgan fingerprint density at radius 3 is 2.48 bits per heavy atom. The SMILES string of the molecule is COc1ccc(Cc2nnnn2[C@@H]2O[C@H](CO)[C@@H](O)[C@H](O)[C@H]2O)cc1. The summed E-state index contributed by atoms with van der Waals surface area (Å²) in [7, 11) is 1.58. The normalized spacial score (nSPS) is 29.6. The van der Waals surface area contributed by atoms with Gasteiger partial charge in [-0.1, -0.05) is 12.1 Å². The van der Waals surface area contributed by atoms with Crippen molar-refractivity contribution in [2.45, 2.75) is 37.1 Å². The minimum Gasteiger partial charge on any atom is -0.497 e. The number of methoxy groups -OCH3 is 1. The molecule has 0 amide bonds. The lowest BCUT2D eigenvalue weighted by atomic mass is 9.98. The summed E-state index contributed by atoms with van der Waals surface area (Å²) < 4.78 is 11.8. The van der Waals surface area contributed by atoms with Crippen molar-refractivity contribution in [3.05, 3.63) is 35.7 Å². The summed E-state index contributed by atoms with van der Waals surface area (Å²) in [6.07, 6.45) is -6.17. The molecule has 0 aliphatic carbocycles. The van der Waals surface area contributed by atoms with Crippen LogP contribution in [0.1, 0.15) is 17.6 Å². The second-order valence-corrected chi connectivity index (χ2v) is 5.78. The molecule has 1 aliphatic heterocycles. The predicted octanol–water partition coefficient (Wildman–Crippen LogP) is -1.76. The number of aromatic nitrogens is 4. The Morgan fingerprint density at radius 1 is 1.12 bits per heavy atom. The van der Waals surface area contributed by atoms with Crippen LogP contribution in [0.25, 0.3) is 0 Å². The molecular weight excluding hydrogens is 332 g/mol. The number of benzene rings is 1. The van der Waals surface area contributed by atoms with Crippen molar-refractivity contribution in [1.29, 1.82) is 0 Å². The Morgan fingerprint density at radius 2 is 1.84 bits per heavy atom. The minimum atomic E-state index is -1.49. The Balaban J connectivity index is 1.82. The third kappa shape index (κ3) is 3.48. The van der Waals surface area contributed by atoms with Crippen LogP contribution in [-0.2, 0) is 11.2 Å². The Bertz CT molecular complexity index is 692. The van der Waals surface area contributed by atoms with E-state index >= 15 is 0 Å². The van der Waals surface area contributed by atoms with E-state index in [1.54, 1.807) is 19.2 Å². The first-order chi connectivity index (χ1) is 12.0. The fourth-order valence-corrected chi connectivity index (χ4v) is 2.74. The molecule has 0 radical (unpaired) electrons. The van der Waals surface area contributed by atoms with Crippen LogP contribution < -0.4 is 4.74 Å². The van der Waals surface area contributed by atoms with Gasteiger partial charge in [0.25, 0.3) is 0 Å². The third-order valence-electron chi connectivity index (χ3n) is 4.19. The molecule has 0 bridgehead atoms. The number of hydrogen-bond donors (Lipinski definition) is 4. The van der Waals surface area contributed by atoms with Gasteiger partial charge in [0.2, 0.25) is 0 Å². The maximum Gasteiger partial charge on any atom is 0.182 e. The molecule has 2 aromatic rings. The molecule has 1 aromatic carbocycles. The summed E-state index contributed by atoms with van der Waals surface area (Å²) in [6, 6.07) is 7.31. The van der Waals surface area contributed by atoms with Gasteiger partial charge in [0.1, 0.15) is 30.2 Å². The van der Waals surface area contributed by atoms with Crippen molar-refractivity contribution in [3.8, 4) is 5.75 Å². The molecule has 1 fully saturated rings. The van der Waals surface area contributed by atoms with Gasteiger partial charge in [-0.15, -0.1) is 5.10 Å². The monoisotopic (exact) mass is 352 g/mol. The maximum absolute atomic E-state index is 10.2. The average Bonchev–Trinajstić information content (AvgIpc) is 3.08. The van der Waals surface area contributed by atoms with Crippen LogP contribution in [0.4, 0.5) is 0 Å². The van der Waals surface area contributed by atoms with E-state index in [1.807, 2.05) is 12.1 Å². The topological polar surface area (TPSA) is 143 Å². The largest absolute Gasteiger partial charge is 0.497 e. The molecule has 25 heavy (non-hydrogen) atoms. The molecule has 10 nitrogen and oxygen atoms in total. The summed E-state index contributed by atoms with van der Waals surface area (Å²) in [5, 5.41) is 50.6. The van der Waals surface area contributed by atoms with Crippen LogP contribution >= 0.6 is 0 Å². The molecule has 5 atom stereocenters. The number of rotatable bonds is 5. The van der Waals surface area contributed by atoms with Crippen molar-refractivity contribution in [2.75, 3.05) is 13.7 Å². The fraction of sp³-hybridized carbons (Fsp3) is 0.533. The van der Waals surface area contributed by atoms with E-state index in [1.165, 1.54) is 4.68 Å². The zero-order valence-corrected chi connectivity index (χ0v) is 13.5. The number of hydrogen-bond acceptors (Lipinski definition) is 9. The quantitative estimate of drug-likeness (QED) is 0.492. The maximum atomic E-state index is 10.2. The Kier molecular flexibility index (Phi) is 5.25. The lowest BCUT2D eigenvalue weighted by molar-refractivity contribution is -0.254. The van der Waals surface area contributed by atoms with E-state index < -0.39 is 37.3 Å². The number of tetrazole rings is 1. The smallest absolute Gasteiger partial charge is 0.182 e. The van der Waals surface area contributed by atoms with Crippen molar-refractivity contribution in [2.24, 2.45) is 0 Å². The van der Waals surface area contributed by atoms with Gasteiger partial charge in [0.05, 0.1) is 13.7 Å². The van der Waals surface area contributed by atoms with Gasteiger partial charge >= 0.3 is 0 Å². The summed E-state index contributed by atoms with van der Waals surface area (Å²) >= 11 is 0. The molecule has 10 heteroatoms. The highest BCUT2D eigenvalue weighted by atomic mass is 16.6. The second kappa shape index (κ2) is 7.42. The lowest BCUT2D eigenvalue weighted by Gasteiger charge is -2.39. The first-order valence-electron chi connectivity index (χ1n) is 7.75. The van der Waals surface area contributed by atoms with Crippen LogP contribution in [0.5, 0.6) is 5.75 Å². The highest BCUT2D eigenvalue weighted by Gasteiger charge is 2.45. The van der Waals surface area contributed by atoms with Crippen LogP contribution in [0.3, 0.4) is 0 Å². The highest BCUT2D eigenvalue weighted by Crippen LogP contribution is 2.28. The molecule has 0 saturated carbocycles. The summed E-state index contributed by atoms with van der Waals surface area (Å²) in [4.78, 5) is 0. The number of aliphatic hydroxyl groups excluding tert-OH is 4. The fourth-order valence-electron chi connectivity index (χ4n) is 2.74. The first kappa shape index (κ1) is 17.7. The van der Waals surface area contributed by atoms with Gasteiger partial charge in [-0.05, 0) is 28.1 Å². The zero-order chi connectivity index (χ0) is 18.0. The Hall–Kier alpha value is -2.11. The van der Waals surface area contributed by atoms with Gasteiger partial charge < -0.3 is 29.9 Å². The van der Waals surface area contributed by atoms with Gasteiger partial charge in [0.15, 0.2) is 12.1 Å². The van der Waals surface area contributed by atoms with Crippen molar-refractivity contribution < 1.29 is 29.9 Å². The molecule has 0 unspecified atom stereocenters. The molecule has 1 saturated heterocycles. The number of ether oxygens (including phenoxy) is 2. The van der Waals surface area contributed by atoms with E-state index in [-0.39, 0.29) is 0 Å². The summed E-state index contributed by atoms with van der Waals surface area (Å²) in [5.41, 5.74) is 0.904. The molecule has 1 aliphatic rings. The molecule has 4 N–H and O–H groups in total. The van der Waals surface area contributed by atoms with E-state index in [2.05, 4.69) is 15.5 Å². The number of nitrogens with zero attached hydrogens (tertiary/aromatic N) is 4. The van der Waals surface area contributed by atoms with Crippen molar-refractivity contribution in [3.63, 3.8) is 0 Å². The van der Waals surface area contributed by atoms with Crippen molar-refractivity contribution >= 4 is 0 Å². The standard InChI is InChI=1S/C15H20N4O6/c1-24-9-4-2-8(3-5-9)6-11-16-17-18-19(11)15-14(23)13(22)12(21)10(7-20)25-15/h2-5,10,12-15,20-23H,6-7H2,1H3/t10-,12-,13+,14-,15-/m1/s1. The molecule has 0 spiro atoms. The third-order valence-corrected chi connectivity index (χ3v) is 4.19. The average molecular weight is 352 g/mol. The molecular formula is C15H20N4O6. The minimum absolute atomic E-state index is 0.353. The Labute approximate surface area is 143 Å². The molecule has 1 aromatic heterocycles. The van der Waals surface area contributed by atoms with Crippen molar-refractivity contribution in [1.82, 2.24) is 20.2 Å². The van der Waals surface area contributed by atoms with Crippen LogP contribution in [0.2, 0.25) is 0 Å². The molecule has 3 rings (SSSR count). The predicted molar refractivity (Wildman–Crippen MR) is 82.6 cm³/mol. The highest BCUT2D eigenvalue weighted by molar-refractivity contribution is 5.28. The second-order valence-electron chi connectivity index (χ2n) is 5.78. The van der Waals surface area contributed by atoms with Gasteiger partial charge in [0, 0.05) is 6.42 Å². The lowest BCUT2D eigenvalue weighted by Crippen LogP contribution is -2.56. The summed E-state index contributed by atoms with van der Waals surface area (Å²) in [6.45, 7) is -0.516. The van der Waals surface area contributed by atoms with E-state index in [9.17, 15) is 20.4 Å². The summed E-state index contributed by atoms with van der Waals surface area (Å²) in [5.74, 6) is 1.12. The molecule has 2 heterocycles. The van der Waals surface area contributed by atoms with E-state index in [0.29, 0.717) is 12.2 Å². The van der Waals surface area contributed by atoms with Gasteiger partial charge in [-0.3, -0.25) is 0 Å². The van der Waals surface area contributed by atoms with E-state index in [0.717, 1.165) is 11.3 Å². The van der Waals surface area contributed by atoms with Crippen LogP contribution in [0.15, 0.2) is 24.3 Å². The van der Waals surface area contributed by atoms with E-state index in [4.69, 9.17) is 9.47 Å². The zero-order valence-electron chi connectivity index (χ0n) is 13.5. The van der Waals surface area contributed by atoms with Gasteiger partial charge in [-0.2, -0.15) is 4.68 Å². The molecule has 136 valence electrons. The van der Waals surface area contributed by atoms with Crippen LogP contribution in [0, 0.1) is 0 Å².